The van der Waals surface area contributed by atoms with Crippen molar-refractivity contribution in [2.24, 2.45) is 0 Å². The van der Waals surface area contributed by atoms with E-state index in [9.17, 15) is 4.79 Å². The van der Waals surface area contributed by atoms with Crippen LogP contribution in [0.5, 0.6) is 0 Å². The van der Waals surface area contributed by atoms with Gasteiger partial charge in [0.05, 0.1) is 11.9 Å². The smallest absolute Gasteiger partial charge is 0.247 e. The fraction of sp³-hybridized carbons (Fsp3) is 0.143. The van der Waals surface area contributed by atoms with Crippen LogP contribution in [-0.2, 0) is 4.79 Å². The molecule has 0 aliphatic carbocycles. The van der Waals surface area contributed by atoms with Crippen LogP contribution in [0.4, 0.5) is 0 Å². The van der Waals surface area contributed by atoms with Gasteiger partial charge in [0.2, 0.25) is 5.91 Å². The Morgan fingerprint density at radius 2 is 2.16 bits per heavy atom. The first-order valence-corrected chi connectivity index (χ1v) is 6.73. The Hall–Kier alpha value is -2.14. The second kappa shape index (κ2) is 6.15. The quantitative estimate of drug-likeness (QED) is 0.599. The number of carbonyl (C=O) groups excluding carboxylic acids is 1. The van der Waals surface area contributed by atoms with E-state index in [1.54, 1.807) is 46.7 Å². The van der Waals surface area contributed by atoms with Crippen molar-refractivity contribution < 1.29 is 4.79 Å². The average Bonchev–Trinajstić information content (AvgIpc) is 2.99. The summed E-state index contributed by atoms with van der Waals surface area (Å²) in [5.41, 5.74) is 0.891. The first-order chi connectivity index (χ1) is 9.26. The highest BCUT2D eigenvalue weighted by molar-refractivity contribution is 7.15. The zero-order valence-corrected chi connectivity index (χ0v) is 11.3. The summed E-state index contributed by atoms with van der Waals surface area (Å²) >= 11 is 1.56. The Morgan fingerprint density at radius 1 is 1.42 bits per heavy atom. The van der Waals surface area contributed by atoms with E-state index in [2.05, 4.69) is 18.1 Å². The van der Waals surface area contributed by atoms with E-state index in [1.165, 1.54) is 0 Å². The van der Waals surface area contributed by atoms with Crippen LogP contribution < -0.4 is 0 Å². The molecule has 0 aliphatic heterocycles. The topological polar surface area (TPSA) is 37.6 Å². The lowest BCUT2D eigenvalue weighted by atomic mass is 10.3. The summed E-state index contributed by atoms with van der Waals surface area (Å²) in [6, 6.07) is 0. The van der Waals surface area contributed by atoms with Gasteiger partial charge < -0.3 is 4.90 Å². The summed E-state index contributed by atoms with van der Waals surface area (Å²) in [5.74, 6) is -0.0648. The lowest BCUT2D eigenvalue weighted by molar-refractivity contribution is -0.124. The van der Waals surface area contributed by atoms with Crippen molar-refractivity contribution in [2.75, 3.05) is 13.1 Å². The number of rotatable bonds is 6. The Bertz CT molecular complexity index is 613. The van der Waals surface area contributed by atoms with Crippen molar-refractivity contribution in [2.45, 2.75) is 0 Å². The summed E-state index contributed by atoms with van der Waals surface area (Å²) < 4.78 is 1.94. The maximum absolute atomic E-state index is 12.0. The van der Waals surface area contributed by atoms with Gasteiger partial charge in [-0.1, -0.05) is 12.2 Å². The molecule has 0 aliphatic rings. The molecule has 0 fully saturated rings. The van der Waals surface area contributed by atoms with Crippen LogP contribution in [-0.4, -0.2) is 33.3 Å². The standard InChI is InChI=1S/C14H15N3OS/c1-3-7-16(8-4-2)13(18)6-5-12-11-15-14-17(12)9-10-19-14/h3-6,9-11H,1-2,7-8H2/b6-5+. The van der Waals surface area contributed by atoms with Gasteiger partial charge in [0.15, 0.2) is 4.96 Å². The van der Waals surface area contributed by atoms with Crippen LogP contribution >= 0.6 is 11.3 Å². The van der Waals surface area contributed by atoms with Gasteiger partial charge in [0.25, 0.3) is 0 Å². The van der Waals surface area contributed by atoms with Gasteiger partial charge in [-0.3, -0.25) is 9.20 Å². The molecule has 0 radical (unpaired) electrons. The van der Waals surface area contributed by atoms with Gasteiger partial charge in [-0.15, -0.1) is 24.5 Å². The molecule has 0 N–H and O–H groups in total. The molecule has 2 aromatic rings. The second-order valence-electron chi connectivity index (χ2n) is 3.89. The number of carbonyl (C=O) groups is 1. The lowest BCUT2D eigenvalue weighted by Crippen LogP contribution is -2.29. The van der Waals surface area contributed by atoms with E-state index in [0.717, 1.165) is 10.7 Å². The molecule has 0 unspecified atom stereocenters. The largest absolute Gasteiger partial charge is 0.332 e. The molecule has 1 amide bonds. The molecule has 2 aromatic heterocycles. The molecule has 2 rings (SSSR count). The van der Waals surface area contributed by atoms with Gasteiger partial charge in [-0.05, 0) is 6.08 Å². The zero-order chi connectivity index (χ0) is 13.7. The van der Waals surface area contributed by atoms with Gasteiger partial charge in [0, 0.05) is 30.7 Å². The number of amides is 1. The molecule has 5 heteroatoms. The van der Waals surface area contributed by atoms with Crippen molar-refractivity contribution in [1.82, 2.24) is 14.3 Å². The first-order valence-electron chi connectivity index (χ1n) is 5.85. The fourth-order valence-electron chi connectivity index (χ4n) is 1.70. The van der Waals surface area contributed by atoms with E-state index in [4.69, 9.17) is 0 Å². The van der Waals surface area contributed by atoms with Gasteiger partial charge in [-0.25, -0.2) is 4.98 Å². The van der Waals surface area contributed by atoms with E-state index in [1.807, 2.05) is 16.0 Å². The third-order valence-corrected chi connectivity index (χ3v) is 3.35. The number of nitrogens with zero attached hydrogens (tertiary/aromatic N) is 3. The maximum atomic E-state index is 12.0. The number of aromatic nitrogens is 2. The highest BCUT2D eigenvalue weighted by atomic mass is 32.1. The summed E-state index contributed by atoms with van der Waals surface area (Å²) in [7, 11) is 0. The monoisotopic (exact) mass is 273 g/mol. The van der Waals surface area contributed by atoms with E-state index < -0.39 is 0 Å². The molecule has 0 saturated carbocycles. The third kappa shape index (κ3) is 3.00. The van der Waals surface area contributed by atoms with E-state index in [0.29, 0.717) is 13.1 Å². The van der Waals surface area contributed by atoms with Crippen molar-refractivity contribution in [3.8, 4) is 0 Å². The molecule has 4 nitrogen and oxygen atoms in total. The molecule has 0 atom stereocenters. The average molecular weight is 273 g/mol. The summed E-state index contributed by atoms with van der Waals surface area (Å²) in [6.07, 6.45) is 10.4. The minimum atomic E-state index is -0.0648. The number of thiazole rings is 1. The predicted octanol–water partition coefficient (Wildman–Crippen LogP) is 2.61. The van der Waals surface area contributed by atoms with Gasteiger partial charge in [0.1, 0.15) is 0 Å². The van der Waals surface area contributed by atoms with Crippen LogP contribution in [0.3, 0.4) is 0 Å². The summed E-state index contributed by atoms with van der Waals surface area (Å²) in [4.78, 5) is 18.8. The summed E-state index contributed by atoms with van der Waals surface area (Å²) in [6.45, 7) is 8.31. The normalized spacial score (nSPS) is 10.9. The maximum Gasteiger partial charge on any atom is 0.247 e. The minimum absolute atomic E-state index is 0.0648. The Balaban J connectivity index is 2.12. The Labute approximate surface area is 116 Å². The van der Waals surface area contributed by atoms with Crippen LogP contribution in [0.25, 0.3) is 11.0 Å². The van der Waals surface area contributed by atoms with E-state index in [-0.39, 0.29) is 5.91 Å². The second-order valence-corrected chi connectivity index (χ2v) is 4.77. The van der Waals surface area contributed by atoms with Crippen LogP contribution in [0.1, 0.15) is 5.69 Å². The first kappa shape index (κ1) is 13.3. The molecular formula is C14H15N3OS. The van der Waals surface area contributed by atoms with Crippen molar-refractivity contribution >= 4 is 28.3 Å². The zero-order valence-electron chi connectivity index (χ0n) is 10.5. The number of hydrogen-bond acceptors (Lipinski definition) is 3. The molecule has 19 heavy (non-hydrogen) atoms. The molecule has 98 valence electrons. The lowest BCUT2D eigenvalue weighted by Gasteiger charge is -2.16. The van der Waals surface area contributed by atoms with Crippen LogP contribution in [0.2, 0.25) is 0 Å². The molecular weight excluding hydrogens is 258 g/mol. The molecule has 0 saturated heterocycles. The number of fused-ring (bicyclic) bond motifs is 1. The number of imidazole rings is 1. The highest BCUT2D eigenvalue weighted by Crippen LogP contribution is 2.13. The molecule has 0 spiro atoms. The minimum Gasteiger partial charge on any atom is -0.332 e. The molecule has 0 aromatic carbocycles. The molecule has 2 heterocycles. The Kier molecular flexibility index (Phi) is 4.30. The van der Waals surface area contributed by atoms with Gasteiger partial charge >= 0.3 is 0 Å². The number of hydrogen-bond donors (Lipinski definition) is 0. The van der Waals surface area contributed by atoms with Crippen LogP contribution in [0.15, 0.2) is 49.2 Å². The van der Waals surface area contributed by atoms with Crippen LogP contribution in [0, 0.1) is 0 Å². The van der Waals surface area contributed by atoms with Crippen molar-refractivity contribution in [1.29, 1.82) is 0 Å². The highest BCUT2D eigenvalue weighted by Gasteiger charge is 2.07. The SMILES string of the molecule is C=CCN(CC=C)C(=O)/C=C/c1cnc2sccn12. The predicted molar refractivity (Wildman–Crippen MR) is 79.1 cm³/mol. The van der Waals surface area contributed by atoms with Crippen molar-refractivity contribution in [3.05, 3.63) is 54.9 Å². The van der Waals surface area contributed by atoms with Crippen molar-refractivity contribution in [3.63, 3.8) is 0 Å². The fourth-order valence-corrected chi connectivity index (χ4v) is 2.39. The molecule has 0 bridgehead atoms. The third-order valence-electron chi connectivity index (χ3n) is 2.58. The van der Waals surface area contributed by atoms with Gasteiger partial charge in [-0.2, -0.15) is 0 Å². The van der Waals surface area contributed by atoms with E-state index >= 15 is 0 Å². The summed E-state index contributed by atoms with van der Waals surface area (Å²) in [5, 5.41) is 1.96. The Morgan fingerprint density at radius 3 is 2.84 bits per heavy atom.